The highest BCUT2D eigenvalue weighted by molar-refractivity contribution is 5.81. The number of nitrogens with one attached hydrogen (secondary N) is 2. The van der Waals surface area contributed by atoms with Gasteiger partial charge in [0.05, 0.1) is 12.5 Å². The lowest BCUT2D eigenvalue weighted by Crippen LogP contribution is -2.43. The van der Waals surface area contributed by atoms with Crippen LogP contribution >= 0.6 is 0 Å². The van der Waals surface area contributed by atoms with E-state index in [4.69, 9.17) is 5.11 Å². The molecule has 0 aromatic rings. The molecule has 94 valence electrons. The number of amides is 1. The lowest BCUT2D eigenvalue weighted by atomic mass is 10.2. The minimum absolute atomic E-state index is 0.0352. The molecule has 0 aromatic heterocycles. The van der Waals surface area contributed by atoms with Gasteiger partial charge in [-0.1, -0.05) is 19.8 Å². The van der Waals surface area contributed by atoms with Crippen LogP contribution in [-0.4, -0.2) is 36.1 Å². The maximum atomic E-state index is 11.5. The highest BCUT2D eigenvalue weighted by atomic mass is 16.4. The Morgan fingerprint density at radius 1 is 1.25 bits per heavy atom. The Bertz CT molecular complexity index is 219. The second kappa shape index (κ2) is 9.15. The van der Waals surface area contributed by atoms with Gasteiger partial charge in [-0.25, -0.2) is 0 Å². The van der Waals surface area contributed by atoms with Crippen LogP contribution in [0.15, 0.2) is 0 Å². The van der Waals surface area contributed by atoms with E-state index in [0.29, 0.717) is 13.1 Å². The molecule has 1 unspecified atom stereocenters. The Balaban J connectivity index is 3.53. The molecule has 0 saturated carbocycles. The summed E-state index contributed by atoms with van der Waals surface area (Å²) in [6, 6.07) is -0.332. The van der Waals surface area contributed by atoms with Gasteiger partial charge in [0.15, 0.2) is 0 Å². The molecular weight excluding hydrogens is 208 g/mol. The van der Waals surface area contributed by atoms with Gasteiger partial charge in [-0.05, 0) is 13.3 Å². The monoisotopic (exact) mass is 230 g/mol. The highest BCUT2D eigenvalue weighted by Gasteiger charge is 2.11. The van der Waals surface area contributed by atoms with Crippen LogP contribution in [0.1, 0.15) is 39.5 Å². The Labute approximate surface area is 96.6 Å². The lowest BCUT2D eigenvalue weighted by Gasteiger charge is -2.13. The SMILES string of the molecule is CCCCCNC(=O)C(C)NCCC(=O)O. The summed E-state index contributed by atoms with van der Waals surface area (Å²) in [6.07, 6.45) is 3.26. The summed E-state index contributed by atoms with van der Waals surface area (Å²) in [4.78, 5) is 21.7. The number of unbranched alkanes of at least 4 members (excludes halogenated alkanes) is 2. The van der Waals surface area contributed by atoms with Crippen LogP contribution in [0.3, 0.4) is 0 Å². The molecule has 16 heavy (non-hydrogen) atoms. The van der Waals surface area contributed by atoms with Gasteiger partial charge in [0, 0.05) is 13.1 Å². The van der Waals surface area contributed by atoms with Crippen molar-refractivity contribution >= 4 is 11.9 Å². The Kier molecular flexibility index (Phi) is 8.52. The highest BCUT2D eigenvalue weighted by Crippen LogP contribution is 1.92. The summed E-state index contributed by atoms with van der Waals surface area (Å²) in [5, 5.41) is 14.1. The zero-order valence-corrected chi connectivity index (χ0v) is 10.1. The summed E-state index contributed by atoms with van der Waals surface area (Å²) in [5.41, 5.74) is 0. The van der Waals surface area contributed by atoms with E-state index in [-0.39, 0.29) is 18.4 Å². The third-order valence-corrected chi connectivity index (χ3v) is 2.26. The molecule has 0 aliphatic carbocycles. The second-order valence-electron chi connectivity index (χ2n) is 3.82. The molecule has 0 radical (unpaired) electrons. The minimum Gasteiger partial charge on any atom is -0.481 e. The van der Waals surface area contributed by atoms with Crippen LogP contribution in [0, 0.1) is 0 Å². The van der Waals surface area contributed by atoms with Gasteiger partial charge < -0.3 is 15.7 Å². The molecule has 0 aliphatic rings. The molecule has 5 heteroatoms. The van der Waals surface area contributed by atoms with Crippen LogP contribution in [0.5, 0.6) is 0 Å². The third-order valence-electron chi connectivity index (χ3n) is 2.26. The van der Waals surface area contributed by atoms with E-state index < -0.39 is 5.97 Å². The van der Waals surface area contributed by atoms with Gasteiger partial charge in [-0.2, -0.15) is 0 Å². The first-order chi connectivity index (χ1) is 7.57. The summed E-state index contributed by atoms with van der Waals surface area (Å²) in [5.74, 6) is -0.926. The van der Waals surface area contributed by atoms with Crippen LogP contribution < -0.4 is 10.6 Å². The summed E-state index contributed by atoms with van der Waals surface area (Å²) in [6.45, 7) is 4.85. The summed E-state index contributed by atoms with van der Waals surface area (Å²) in [7, 11) is 0. The summed E-state index contributed by atoms with van der Waals surface area (Å²) < 4.78 is 0. The van der Waals surface area contributed by atoms with Gasteiger partial charge in [0.25, 0.3) is 0 Å². The predicted octanol–water partition coefficient (Wildman–Crippen LogP) is 0.746. The maximum absolute atomic E-state index is 11.5. The van der Waals surface area contributed by atoms with Crippen LogP contribution in [0.2, 0.25) is 0 Å². The fourth-order valence-corrected chi connectivity index (χ4v) is 1.23. The number of rotatable bonds is 9. The van der Waals surface area contributed by atoms with E-state index in [1.807, 2.05) is 0 Å². The molecule has 0 saturated heterocycles. The number of carboxylic acids is 1. The molecule has 1 atom stereocenters. The zero-order valence-electron chi connectivity index (χ0n) is 10.1. The molecule has 3 N–H and O–H groups in total. The van der Waals surface area contributed by atoms with Crippen LogP contribution in [0.4, 0.5) is 0 Å². The normalized spacial score (nSPS) is 12.1. The van der Waals surface area contributed by atoms with Crippen molar-refractivity contribution in [1.82, 2.24) is 10.6 Å². The number of carbonyl (C=O) groups is 2. The van der Waals surface area contributed by atoms with E-state index in [0.717, 1.165) is 19.3 Å². The molecular formula is C11H22N2O3. The first kappa shape index (κ1) is 14.9. The minimum atomic E-state index is -0.858. The standard InChI is InChI=1S/C11H22N2O3/c1-3-4-5-7-13-11(16)9(2)12-8-6-10(14)15/h9,12H,3-8H2,1-2H3,(H,13,16)(H,14,15). The Morgan fingerprint density at radius 3 is 2.50 bits per heavy atom. The van der Waals surface area contributed by atoms with Crippen molar-refractivity contribution in [3.63, 3.8) is 0 Å². The van der Waals surface area contributed by atoms with Crippen molar-refractivity contribution in [3.8, 4) is 0 Å². The number of hydrogen-bond donors (Lipinski definition) is 3. The fraction of sp³-hybridized carbons (Fsp3) is 0.818. The first-order valence-electron chi connectivity index (χ1n) is 5.80. The van der Waals surface area contributed by atoms with E-state index >= 15 is 0 Å². The van der Waals surface area contributed by atoms with E-state index in [9.17, 15) is 9.59 Å². The van der Waals surface area contributed by atoms with Gasteiger partial charge in [0.1, 0.15) is 0 Å². The van der Waals surface area contributed by atoms with Crippen molar-refractivity contribution in [2.45, 2.75) is 45.6 Å². The van der Waals surface area contributed by atoms with Crippen molar-refractivity contribution < 1.29 is 14.7 Å². The van der Waals surface area contributed by atoms with Crippen LogP contribution in [-0.2, 0) is 9.59 Å². The maximum Gasteiger partial charge on any atom is 0.304 e. The van der Waals surface area contributed by atoms with Gasteiger partial charge in [-0.15, -0.1) is 0 Å². The molecule has 0 heterocycles. The van der Waals surface area contributed by atoms with E-state index in [1.165, 1.54) is 0 Å². The molecule has 0 rings (SSSR count). The average molecular weight is 230 g/mol. The first-order valence-corrected chi connectivity index (χ1v) is 5.80. The van der Waals surface area contributed by atoms with Gasteiger partial charge in [-0.3, -0.25) is 9.59 Å². The van der Waals surface area contributed by atoms with Crippen molar-refractivity contribution in [1.29, 1.82) is 0 Å². The fourth-order valence-electron chi connectivity index (χ4n) is 1.23. The molecule has 0 bridgehead atoms. The summed E-state index contributed by atoms with van der Waals surface area (Å²) >= 11 is 0. The largest absolute Gasteiger partial charge is 0.481 e. The van der Waals surface area contributed by atoms with Gasteiger partial charge >= 0.3 is 5.97 Å². The Morgan fingerprint density at radius 2 is 1.94 bits per heavy atom. The van der Waals surface area contributed by atoms with Crippen molar-refractivity contribution in [2.24, 2.45) is 0 Å². The second-order valence-corrected chi connectivity index (χ2v) is 3.82. The molecule has 0 aliphatic heterocycles. The Hall–Kier alpha value is -1.10. The average Bonchev–Trinajstić information content (AvgIpc) is 2.23. The topological polar surface area (TPSA) is 78.4 Å². The van der Waals surface area contributed by atoms with E-state index in [2.05, 4.69) is 17.6 Å². The number of hydrogen-bond acceptors (Lipinski definition) is 3. The predicted molar refractivity (Wildman–Crippen MR) is 62.3 cm³/mol. The molecule has 0 spiro atoms. The van der Waals surface area contributed by atoms with Gasteiger partial charge in [0.2, 0.25) is 5.91 Å². The van der Waals surface area contributed by atoms with E-state index in [1.54, 1.807) is 6.92 Å². The van der Waals surface area contributed by atoms with Crippen molar-refractivity contribution in [2.75, 3.05) is 13.1 Å². The number of aliphatic carboxylic acids is 1. The smallest absolute Gasteiger partial charge is 0.304 e. The third kappa shape index (κ3) is 8.23. The molecule has 0 fully saturated rings. The zero-order chi connectivity index (χ0) is 12.4. The number of carbonyl (C=O) groups excluding carboxylic acids is 1. The molecule has 0 aromatic carbocycles. The van der Waals surface area contributed by atoms with Crippen molar-refractivity contribution in [3.05, 3.63) is 0 Å². The molecule has 5 nitrogen and oxygen atoms in total. The quantitative estimate of drug-likeness (QED) is 0.511. The molecule has 1 amide bonds. The lowest BCUT2D eigenvalue weighted by molar-refractivity contribution is -0.137. The van der Waals surface area contributed by atoms with Crippen LogP contribution in [0.25, 0.3) is 0 Å². The number of carboxylic acid groups (broad SMARTS) is 1.